The highest BCUT2D eigenvalue weighted by Gasteiger charge is 2.10. The third-order valence-corrected chi connectivity index (χ3v) is 2.71. The molecule has 0 aliphatic rings. The van der Waals surface area contributed by atoms with Crippen molar-refractivity contribution in [1.82, 2.24) is 26.1 Å². The first kappa shape index (κ1) is 22.7. The van der Waals surface area contributed by atoms with Crippen LogP contribution in [0, 0.1) is 0 Å². The SMILES string of the molecule is COC(=O)c1cc(Cl)nc(Cl)n1.COC(=O)c1cc(N)nc(Cl)n1.N. The number of nitrogens with two attached hydrogens (primary N) is 1. The highest BCUT2D eigenvalue weighted by atomic mass is 35.5. The molecule has 2 aromatic rings. The molecule has 2 aromatic heterocycles. The number of methoxy groups -OCH3 is 2. The predicted octanol–water partition coefficient (Wildman–Crippen LogP) is 2.23. The maximum atomic E-state index is 10.9. The third kappa shape index (κ3) is 7.44. The van der Waals surface area contributed by atoms with E-state index in [1.165, 1.54) is 26.4 Å². The number of ether oxygens (including phenoxy) is 2. The Hall–Kier alpha value is -2.27. The number of hydrogen-bond acceptors (Lipinski definition) is 10. The van der Waals surface area contributed by atoms with Gasteiger partial charge >= 0.3 is 11.9 Å². The molecule has 25 heavy (non-hydrogen) atoms. The molecule has 5 N–H and O–H groups in total. The number of anilines is 1. The Morgan fingerprint density at radius 1 is 0.880 bits per heavy atom. The first-order chi connectivity index (χ1) is 11.3. The molecule has 2 heterocycles. The summed E-state index contributed by atoms with van der Waals surface area (Å²) in [6.07, 6.45) is 0. The number of rotatable bonds is 2. The fourth-order valence-corrected chi connectivity index (χ4v) is 1.84. The number of aromatic nitrogens is 4. The summed E-state index contributed by atoms with van der Waals surface area (Å²) < 4.78 is 8.80. The average molecular weight is 412 g/mol. The zero-order valence-corrected chi connectivity index (χ0v) is 15.3. The van der Waals surface area contributed by atoms with Gasteiger partial charge in [-0.1, -0.05) is 11.6 Å². The summed E-state index contributed by atoms with van der Waals surface area (Å²) in [5.41, 5.74) is 5.40. The number of nitrogens with zero attached hydrogens (tertiary/aromatic N) is 4. The van der Waals surface area contributed by atoms with E-state index >= 15 is 0 Å². The fraction of sp³-hybridized carbons (Fsp3) is 0.167. The molecule has 136 valence electrons. The van der Waals surface area contributed by atoms with E-state index < -0.39 is 11.9 Å². The molecule has 13 heteroatoms. The molecule has 0 aromatic carbocycles. The number of esters is 2. The Bertz CT molecular complexity index is 658. The Morgan fingerprint density at radius 3 is 1.72 bits per heavy atom. The summed E-state index contributed by atoms with van der Waals surface area (Å²) in [6, 6.07) is 2.57. The van der Waals surface area contributed by atoms with Crippen LogP contribution in [-0.2, 0) is 9.47 Å². The smallest absolute Gasteiger partial charge is 0.356 e. The zero-order valence-electron chi connectivity index (χ0n) is 13.0. The van der Waals surface area contributed by atoms with E-state index in [-0.39, 0.29) is 39.1 Å². The van der Waals surface area contributed by atoms with Crippen molar-refractivity contribution in [2.24, 2.45) is 0 Å². The van der Waals surface area contributed by atoms with E-state index in [1.807, 2.05) is 0 Å². The van der Waals surface area contributed by atoms with Crippen LogP contribution >= 0.6 is 34.8 Å². The standard InChI is InChI=1S/C6H4Cl2N2O2.C6H6ClN3O2.H3N/c1-12-5(11)3-2-4(7)10-6(8)9-3;1-12-5(11)3-2-4(8)10-6(7)9-3;/h2H,1H3;2H,1H3,(H2,8,9,10);1H3. The molecule has 10 nitrogen and oxygen atoms in total. The third-order valence-electron chi connectivity index (χ3n) is 2.18. The minimum absolute atomic E-state index is 0. The van der Waals surface area contributed by atoms with Crippen LogP contribution in [0.2, 0.25) is 15.7 Å². The number of nitrogen functional groups attached to an aromatic ring is 1. The van der Waals surface area contributed by atoms with Gasteiger partial charge < -0.3 is 21.4 Å². The molecule has 2 rings (SSSR count). The van der Waals surface area contributed by atoms with Crippen molar-refractivity contribution in [2.75, 3.05) is 20.0 Å². The minimum Gasteiger partial charge on any atom is -0.464 e. The van der Waals surface area contributed by atoms with E-state index in [2.05, 4.69) is 29.4 Å². The van der Waals surface area contributed by atoms with E-state index in [9.17, 15) is 9.59 Å². The number of carbonyl (C=O) groups is 2. The predicted molar refractivity (Wildman–Crippen MR) is 91.2 cm³/mol. The zero-order chi connectivity index (χ0) is 18.3. The normalized spacial score (nSPS) is 9.16. The molecule has 0 radical (unpaired) electrons. The van der Waals surface area contributed by atoms with Gasteiger partial charge in [0.05, 0.1) is 14.2 Å². The van der Waals surface area contributed by atoms with Crippen LogP contribution in [0.3, 0.4) is 0 Å². The van der Waals surface area contributed by atoms with E-state index in [0.717, 1.165) is 0 Å². The maximum absolute atomic E-state index is 10.9. The van der Waals surface area contributed by atoms with Crippen LogP contribution in [-0.4, -0.2) is 46.1 Å². The molecular weight excluding hydrogens is 399 g/mol. The molecule has 0 unspecified atom stereocenters. The van der Waals surface area contributed by atoms with Crippen molar-refractivity contribution in [3.8, 4) is 0 Å². The second-order valence-corrected chi connectivity index (χ2v) is 4.84. The quantitative estimate of drug-likeness (QED) is 0.425. The van der Waals surface area contributed by atoms with Crippen molar-refractivity contribution in [3.63, 3.8) is 0 Å². The van der Waals surface area contributed by atoms with Gasteiger partial charge in [0, 0.05) is 12.1 Å². The van der Waals surface area contributed by atoms with Crippen molar-refractivity contribution < 1.29 is 19.1 Å². The van der Waals surface area contributed by atoms with Crippen LogP contribution in [0.15, 0.2) is 12.1 Å². The lowest BCUT2D eigenvalue weighted by molar-refractivity contribution is 0.0585. The number of halogens is 3. The van der Waals surface area contributed by atoms with Crippen molar-refractivity contribution in [3.05, 3.63) is 39.2 Å². The summed E-state index contributed by atoms with van der Waals surface area (Å²) in [5, 5.41) is -0.0475. The molecule has 0 amide bonds. The first-order valence-corrected chi connectivity index (χ1v) is 7.07. The van der Waals surface area contributed by atoms with Gasteiger partial charge in [0.25, 0.3) is 0 Å². The first-order valence-electron chi connectivity index (χ1n) is 5.93. The van der Waals surface area contributed by atoms with Crippen LogP contribution in [0.4, 0.5) is 5.82 Å². The Labute approximate surface area is 157 Å². The number of carbonyl (C=O) groups excluding carboxylic acids is 2. The molecule has 0 aliphatic carbocycles. The van der Waals surface area contributed by atoms with Gasteiger partial charge in [-0.3, -0.25) is 0 Å². The van der Waals surface area contributed by atoms with E-state index in [4.69, 9.17) is 40.5 Å². The van der Waals surface area contributed by atoms with Crippen molar-refractivity contribution >= 4 is 52.6 Å². The highest BCUT2D eigenvalue weighted by Crippen LogP contribution is 2.11. The maximum Gasteiger partial charge on any atom is 0.356 e. The van der Waals surface area contributed by atoms with Gasteiger partial charge in [-0.05, 0) is 23.2 Å². The second kappa shape index (κ2) is 10.6. The molecule has 0 atom stereocenters. The molecule has 0 fully saturated rings. The van der Waals surface area contributed by atoms with Crippen LogP contribution < -0.4 is 11.9 Å². The lowest BCUT2D eigenvalue weighted by Crippen LogP contribution is -2.06. The van der Waals surface area contributed by atoms with Gasteiger partial charge in [0.15, 0.2) is 11.4 Å². The van der Waals surface area contributed by atoms with Crippen LogP contribution in [0.25, 0.3) is 0 Å². The monoisotopic (exact) mass is 410 g/mol. The van der Waals surface area contributed by atoms with Gasteiger partial charge in [-0.2, -0.15) is 0 Å². The minimum atomic E-state index is -0.596. The molecule has 0 saturated heterocycles. The molecule has 0 aliphatic heterocycles. The summed E-state index contributed by atoms with van der Waals surface area (Å²) in [7, 11) is 2.49. The average Bonchev–Trinajstić information content (AvgIpc) is 2.52. The van der Waals surface area contributed by atoms with Gasteiger partial charge in [-0.15, -0.1) is 0 Å². The highest BCUT2D eigenvalue weighted by molar-refractivity contribution is 6.32. The van der Waals surface area contributed by atoms with Gasteiger partial charge in [0.1, 0.15) is 11.0 Å². The molecule has 0 bridgehead atoms. The van der Waals surface area contributed by atoms with E-state index in [1.54, 1.807) is 0 Å². The second-order valence-electron chi connectivity index (χ2n) is 3.78. The van der Waals surface area contributed by atoms with Crippen molar-refractivity contribution in [1.29, 1.82) is 0 Å². The Balaban J connectivity index is 0.000000443. The number of hydrogen-bond donors (Lipinski definition) is 2. The topological polar surface area (TPSA) is 165 Å². The largest absolute Gasteiger partial charge is 0.464 e. The van der Waals surface area contributed by atoms with E-state index in [0.29, 0.717) is 0 Å². The Morgan fingerprint density at radius 2 is 1.32 bits per heavy atom. The fourth-order valence-electron chi connectivity index (χ4n) is 1.24. The lowest BCUT2D eigenvalue weighted by Gasteiger charge is -1.98. The molecule has 0 saturated carbocycles. The van der Waals surface area contributed by atoms with Crippen molar-refractivity contribution in [2.45, 2.75) is 0 Å². The Kier molecular flexibility index (Phi) is 9.61. The molecule has 0 spiro atoms. The van der Waals surface area contributed by atoms with Gasteiger partial charge in [0.2, 0.25) is 10.6 Å². The summed E-state index contributed by atoms with van der Waals surface area (Å²) >= 11 is 16.4. The van der Waals surface area contributed by atoms with Gasteiger partial charge in [-0.25, -0.2) is 29.5 Å². The van der Waals surface area contributed by atoms with Crippen LogP contribution in [0.1, 0.15) is 21.0 Å². The molecular formula is C12H13Cl3N6O4. The summed E-state index contributed by atoms with van der Waals surface area (Å²) in [5.74, 6) is -1.05. The summed E-state index contributed by atoms with van der Waals surface area (Å²) in [4.78, 5) is 36.1. The summed E-state index contributed by atoms with van der Waals surface area (Å²) in [6.45, 7) is 0. The van der Waals surface area contributed by atoms with Crippen LogP contribution in [0.5, 0.6) is 0 Å². The lowest BCUT2D eigenvalue weighted by atomic mass is 10.4.